The first-order chi connectivity index (χ1) is 17.0. The van der Waals surface area contributed by atoms with Crippen LogP contribution in [-0.2, 0) is 4.79 Å². The number of aryl methyl sites for hydroxylation is 1. The number of hydrogen-bond donors (Lipinski definition) is 1. The van der Waals surface area contributed by atoms with Gasteiger partial charge in [0, 0.05) is 16.8 Å². The van der Waals surface area contributed by atoms with Crippen molar-refractivity contribution in [2.75, 3.05) is 0 Å². The molecule has 2 aliphatic heterocycles. The van der Waals surface area contributed by atoms with E-state index in [1.165, 1.54) is 40.4 Å². The Labute approximate surface area is 209 Å². The third-order valence-electron chi connectivity index (χ3n) is 6.52. The van der Waals surface area contributed by atoms with Crippen LogP contribution in [0.25, 0.3) is 22.5 Å². The van der Waals surface area contributed by atoms with E-state index in [1.807, 2.05) is 19.1 Å². The van der Waals surface area contributed by atoms with Crippen LogP contribution in [0.4, 0.5) is 0 Å². The molecule has 5 rings (SSSR count). The Hall–Kier alpha value is -3.45. The Balaban J connectivity index is 1.46. The maximum Gasteiger partial charge on any atom is 0.283 e. The van der Waals surface area contributed by atoms with Crippen molar-refractivity contribution in [3.05, 3.63) is 71.1 Å². The average molecular weight is 484 g/mol. The zero-order valence-corrected chi connectivity index (χ0v) is 21.2. The second kappa shape index (κ2) is 9.66. The molecule has 1 aromatic heterocycles. The highest BCUT2D eigenvalue weighted by atomic mass is 32.2. The van der Waals surface area contributed by atoms with Crippen LogP contribution in [0.2, 0.25) is 0 Å². The fraction of sp³-hybridized carbons (Fsp3) is 0.286. The number of carbonyl (C=O) groups excluding carboxylic acids is 1. The van der Waals surface area contributed by atoms with Crippen molar-refractivity contribution in [1.29, 1.82) is 5.41 Å². The summed E-state index contributed by atoms with van der Waals surface area (Å²) in [7, 11) is 0. The summed E-state index contributed by atoms with van der Waals surface area (Å²) in [6.45, 7) is 6.30. The average Bonchev–Trinajstić information content (AvgIpc) is 3.38. The predicted octanol–water partition coefficient (Wildman–Crippen LogP) is 6.84. The molecule has 3 heterocycles. The lowest BCUT2D eigenvalue weighted by Crippen LogP contribution is -2.35. The number of benzene rings is 2. The molecule has 7 heteroatoms. The van der Waals surface area contributed by atoms with Gasteiger partial charge < -0.3 is 4.57 Å². The summed E-state index contributed by atoms with van der Waals surface area (Å²) >= 11 is 1.41. The molecule has 2 aliphatic rings. The number of amides is 1. The fourth-order valence-electron chi connectivity index (χ4n) is 4.70. The summed E-state index contributed by atoms with van der Waals surface area (Å²) in [6, 6.07) is 16.7. The molecule has 178 valence electrons. The number of hydrazone groups is 1. The van der Waals surface area contributed by atoms with Gasteiger partial charge in [-0.2, -0.15) is 15.1 Å². The van der Waals surface area contributed by atoms with Crippen LogP contribution in [-0.4, -0.2) is 31.5 Å². The van der Waals surface area contributed by atoms with Crippen LogP contribution in [0.3, 0.4) is 0 Å². The van der Waals surface area contributed by atoms with Crippen molar-refractivity contribution in [2.45, 2.75) is 52.9 Å². The molecule has 0 saturated heterocycles. The minimum atomic E-state index is -0.383. The van der Waals surface area contributed by atoms with E-state index >= 15 is 0 Å². The first-order valence-electron chi connectivity index (χ1n) is 12.1. The smallest absolute Gasteiger partial charge is 0.283 e. The molecular formula is C28H29N5OS. The minimum absolute atomic E-state index is 0.0889. The van der Waals surface area contributed by atoms with Gasteiger partial charge in [0.2, 0.25) is 5.17 Å². The molecule has 0 saturated carbocycles. The molecule has 1 amide bonds. The van der Waals surface area contributed by atoms with Gasteiger partial charge in [0.1, 0.15) is 5.04 Å². The topological polar surface area (TPSA) is 73.8 Å². The first kappa shape index (κ1) is 23.3. The molecule has 0 fully saturated rings. The number of aromatic nitrogens is 1. The number of amidine groups is 2. The Morgan fingerprint density at radius 1 is 1.06 bits per heavy atom. The molecular weight excluding hydrogens is 454 g/mol. The Bertz CT molecular complexity index is 1420. The number of carbonyl (C=O) groups is 1. The van der Waals surface area contributed by atoms with Gasteiger partial charge in [-0.3, -0.25) is 10.2 Å². The number of rotatable bonds is 7. The second-order valence-corrected chi connectivity index (χ2v) is 10.0. The number of thioether (sulfide) groups is 1. The third kappa shape index (κ3) is 4.36. The van der Waals surface area contributed by atoms with E-state index in [4.69, 9.17) is 5.41 Å². The maximum absolute atomic E-state index is 12.9. The number of aliphatic imine (C=N–C) groups is 1. The van der Waals surface area contributed by atoms with Crippen LogP contribution in [0.15, 0.2) is 64.2 Å². The SMILES string of the molecule is CCCCCCC1=NN2C(=N)/C(=C\c3cc(C)n(-c4cccc5ccccc45)c3C)C(=O)N=C2S1. The number of hydrogen-bond acceptors (Lipinski definition) is 4. The van der Waals surface area contributed by atoms with Crippen molar-refractivity contribution in [1.82, 2.24) is 9.58 Å². The quantitative estimate of drug-likeness (QED) is 0.295. The highest BCUT2D eigenvalue weighted by molar-refractivity contribution is 8.26. The van der Waals surface area contributed by atoms with Crippen molar-refractivity contribution in [3.8, 4) is 5.69 Å². The Kier molecular flexibility index (Phi) is 6.43. The summed E-state index contributed by atoms with van der Waals surface area (Å²) in [5, 5.41) is 18.6. The molecule has 2 aromatic carbocycles. The fourth-order valence-corrected chi connectivity index (χ4v) is 5.63. The van der Waals surface area contributed by atoms with Crippen LogP contribution in [0.5, 0.6) is 0 Å². The summed E-state index contributed by atoms with van der Waals surface area (Å²) in [5.74, 6) is -0.294. The Morgan fingerprint density at radius 2 is 1.86 bits per heavy atom. The van der Waals surface area contributed by atoms with Crippen LogP contribution >= 0.6 is 11.8 Å². The first-order valence-corrected chi connectivity index (χ1v) is 13.0. The minimum Gasteiger partial charge on any atom is -0.317 e. The number of unbranched alkanes of at least 4 members (excludes halogenated alkanes) is 3. The van der Waals surface area contributed by atoms with Gasteiger partial charge >= 0.3 is 0 Å². The predicted molar refractivity (Wildman–Crippen MR) is 147 cm³/mol. The molecule has 35 heavy (non-hydrogen) atoms. The van der Waals surface area contributed by atoms with E-state index in [-0.39, 0.29) is 17.3 Å². The third-order valence-corrected chi connectivity index (χ3v) is 7.49. The van der Waals surface area contributed by atoms with Crippen molar-refractivity contribution in [2.24, 2.45) is 10.1 Å². The van der Waals surface area contributed by atoms with Crippen LogP contribution in [0.1, 0.15) is 56.0 Å². The van der Waals surface area contributed by atoms with E-state index in [9.17, 15) is 4.79 Å². The molecule has 0 bridgehead atoms. The summed E-state index contributed by atoms with van der Waals surface area (Å²) in [5.41, 5.74) is 4.34. The van der Waals surface area contributed by atoms with Crippen LogP contribution < -0.4 is 0 Å². The second-order valence-electron chi connectivity index (χ2n) is 8.98. The molecule has 1 N–H and O–H groups in total. The lowest BCUT2D eigenvalue weighted by atomic mass is 10.1. The molecule has 6 nitrogen and oxygen atoms in total. The van der Waals surface area contributed by atoms with E-state index in [2.05, 4.69) is 64.9 Å². The van der Waals surface area contributed by atoms with E-state index in [1.54, 1.807) is 6.08 Å². The van der Waals surface area contributed by atoms with Gasteiger partial charge in [-0.25, -0.2) is 0 Å². The Morgan fingerprint density at radius 3 is 2.69 bits per heavy atom. The lowest BCUT2D eigenvalue weighted by molar-refractivity contribution is -0.114. The lowest BCUT2D eigenvalue weighted by Gasteiger charge is -2.20. The molecule has 0 aliphatic carbocycles. The van der Waals surface area contributed by atoms with Crippen molar-refractivity contribution >= 4 is 50.6 Å². The zero-order valence-electron chi connectivity index (χ0n) is 20.3. The maximum atomic E-state index is 12.9. The summed E-state index contributed by atoms with van der Waals surface area (Å²) in [4.78, 5) is 17.2. The van der Waals surface area contributed by atoms with Gasteiger partial charge in [-0.1, -0.05) is 62.6 Å². The molecule has 0 radical (unpaired) electrons. The van der Waals surface area contributed by atoms with E-state index < -0.39 is 0 Å². The molecule has 0 unspecified atom stereocenters. The molecule has 0 spiro atoms. The zero-order chi connectivity index (χ0) is 24.5. The van der Waals surface area contributed by atoms with Gasteiger partial charge in [0.05, 0.1) is 11.3 Å². The van der Waals surface area contributed by atoms with E-state index in [0.29, 0.717) is 5.17 Å². The summed E-state index contributed by atoms with van der Waals surface area (Å²) < 4.78 is 2.21. The number of nitrogens with one attached hydrogen (secondary N) is 1. The number of fused-ring (bicyclic) bond motifs is 2. The van der Waals surface area contributed by atoms with Crippen molar-refractivity contribution in [3.63, 3.8) is 0 Å². The highest BCUT2D eigenvalue weighted by Gasteiger charge is 2.35. The standard InChI is InChI=1S/C28H29N5OS/c1-4-5-6-7-15-25-31-33-26(29)23(27(34)30-28(33)35-25)17-21-16-18(2)32(19(21)3)24-14-10-12-20-11-8-9-13-22(20)24/h8-14,16-17,29H,4-7,15H2,1-3H3/b23-17+,29-26?. The van der Waals surface area contributed by atoms with Gasteiger partial charge in [0.15, 0.2) is 5.84 Å². The largest absolute Gasteiger partial charge is 0.317 e. The monoisotopic (exact) mass is 483 g/mol. The highest BCUT2D eigenvalue weighted by Crippen LogP contribution is 2.32. The van der Waals surface area contributed by atoms with Crippen LogP contribution in [0, 0.1) is 19.3 Å². The van der Waals surface area contributed by atoms with Crippen molar-refractivity contribution < 1.29 is 4.79 Å². The van der Waals surface area contributed by atoms with Gasteiger partial charge in [-0.15, -0.1) is 0 Å². The van der Waals surface area contributed by atoms with E-state index in [0.717, 1.165) is 46.9 Å². The summed E-state index contributed by atoms with van der Waals surface area (Å²) in [6.07, 6.45) is 7.26. The van der Waals surface area contributed by atoms with Gasteiger partial charge in [0.25, 0.3) is 5.91 Å². The van der Waals surface area contributed by atoms with Gasteiger partial charge in [-0.05, 0) is 67.6 Å². The molecule has 3 aromatic rings. The number of nitrogens with zero attached hydrogens (tertiary/aromatic N) is 4. The molecule has 0 atom stereocenters. The normalized spacial score (nSPS) is 16.8.